The van der Waals surface area contributed by atoms with E-state index in [1.54, 1.807) is 12.1 Å². The molecule has 0 saturated heterocycles. The molecule has 0 radical (unpaired) electrons. The van der Waals surface area contributed by atoms with E-state index in [0.717, 1.165) is 17.5 Å². The Balaban J connectivity index is 1.49. The zero-order valence-electron chi connectivity index (χ0n) is 16.4. The molecule has 0 heterocycles. The third kappa shape index (κ3) is 4.18. The van der Waals surface area contributed by atoms with Crippen molar-refractivity contribution >= 4 is 0 Å². The van der Waals surface area contributed by atoms with Gasteiger partial charge in [-0.3, -0.25) is 0 Å². The lowest BCUT2D eigenvalue weighted by molar-refractivity contribution is 0.627. The maximum atomic E-state index is 13.0. The first kappa shape index (κ1) is 18.5. The average Bonchev–Trinajstić information content (AvgIpc) is 3.07. The van der Waals surface area contributed by atoms with E-state index in [1.807, 2.05) is 0 Å². The van der Waals surface area contributed by atoms with Crippen molar-refractivity contribution in [3.05, 3.63) is 94.3 Å². The summed E-state index contributed by atoms with van der Waals surface area (Å²) >= 11 is 0. The maximum absolute atomic E-state index is 13.0. The van der Waals surface area contributed by atoms with Crippen LogP contribution in [-0.2, 0) is 12.8 Å². The van der Waals surface area contributed by atoms with Gasteiger partial charge < -0.3 is 0 Å². The molecule has 4 rings (SSSR count). The molecule has 28 heavy (non-hydrogen) atoms. The van der Waals surface area contributed by atoms with Crippen LogP contribution < -0.4 is 0 Å². The molecular weight excluding hydrogens is 343 g/mol. The molecule has 1 aliphatic rings. The number of benzene rings is 3. The second kappa shape index (κ2) is 8.44. The van der Waals surface area contributed by atoms with Gasteiger partial charge in [-0.05, 0) is 83.5 Å². The van der Waals surface area contributed by atoms with E-state index in [2.05, 4.69) is 55.2 Å². The molecule has 0 saturated carbocycles. The minimum Gasteiger partial charge on any atom is -0.207 e. The van der Waals surface area contributed by atoms with Crippen LogP contribution in [0.3, 0.4) is 0 Å². The molecule has 0 aromatic heterocycles. The van der Waals surface area contributed by atoms with Crippen LogP contribution in [0.25, 0.3) is 11.1 Å². The highest BCUT2D eigenvalue weighted by atomic mass is 19.1. The summed E-state index contributed by atoms with van der Waals surface area (Å²) < 4.78 is 13.0. The molecule has 3 aromatic rings. The van der Waals surface area contributed by atoms with Gasteiger partial charge in [-0.15, -0.1) is 0 Å². The van der Waals surface area contributed by atoms with Crippen LogP contribution in [0.4, 0.5) is 4.39 Å². The van der Waals surface area contributed by atoms with Crippen LogP contribution in [0.1, 0.15) is 60.4 Å². The first-order valence-electron chi connectivity index (χ1n) is 10.3. The Hall–Kier alpha value is -2.85. The summed E-state index contributed by atoms with van der Waals surface area (Å²) in [6.07, 6.45) is 7.38. The number of rotatable bonds is 5. The Morgan fingerprint density at radius 1 is 0.750 bits per heavy atom. The first-order valence-corrected chi connectivity index (χ1v) is 10.3. The Morgan fingerprint density at radius 2 is 1.43 bits per heavy atom. The van der Waals surface area contributed by atoms with Crippen molar-refractivity contribution in [3.8, 4) is 23.0 Å². The van der Waals surface area contributed by atoms with Crippen LogP contribution in [0.5, 0.6) is 0 Å². The molecule has 1 aliphatic carbocycles. The predicted octanol–water partition coefficient (Wildman–Crippen LogP) is 6.92. The first-order chi connectivity index (χ1) is 13.7. The minimum absolute atomic E-state index is 0.231. The van der Waals surface area contributed by atoms with Crippen LogP contribution >= 0.6 is 0 Å². The van der Waals surface area contributed by atoms with Crippen molar-refractivity contribution in [2.45, 2.75) is 45.4 Å². The Kier molecular flexibility index (Phi) is 5.58. The highest BCUT2D eigenvalue weighted by Crippen LogP contribution is 2.37. The molecule has 3 aromatic carbocycles. The van der Waals surface area contributed by atoms with Crippen LogP contribution in [0.2, 0.25) is 0 Å². The zero-order valence-corrected chi connectivity index (χ0v) is 16.4. The maximum Gasteiger partial charge on any atom is 0.123 e. The van der Waals surface area contributed by atoms with E-state index in [-0.39, 0.29) is 5.82 Å². The fraction of sp³-hybridized carbons (Fsp3) is 0.259. The number of unbranched alkanes of at least 4 members (excludes halogenated alkanes) is 3. The predicted molar refractivity (Wildman–Crippen MR) is 115 cm³/mol. The molecule has 0 nitrogen and oxygen atoms in total. The second-order valence-electron chi connectivity index (χ2n) is 7.61. The summed E-state index contributed by atoms with van der Waals surface area (Å²) in [5.41, 5.74) is 8.79. The van der Waals surface area contributed by atoms with E-state index < -0.39 is 0 Å². The Bertz CT molecular complexity index is 1030. The van der Waals surface area contributed by atoms with Gasteiger partial charge in [-0.2, -0.15) is 0 Å². The molecule has 140 valence electrons. The number of hydrogen-bond acceptors (Lipinski definition) is 0. The summed E-state index contributed by atoms with van der Waals surface area (Å²) in [4.78, 5) is 0. The number of halogens is 1. The van der Waals surface area contributed by atoms with Gasteiger partial charge >= 0.3 is 0 Å². The van der Waals surface area contributed by atoms with Gasteiger partial charge in [-0.1, -0.05) is 62.3 Å². The fourth-order valence-electron chi connectivity index (χ4n) is 3.93. The van der Waals surface area contributed by atoms with Crippen LogP contribution in [-0.4, -0.2) is 0 Å². The average molecular weight is 368 g/mol. The molecular formula is C27H25F. The Morgan fingerprint density at radius 3 is 2.21 bits per heavy atom. The molecule has 0 atom stereocenters. The van der Waals surface area contributed by atoms with Crippen molar-refractivity contribution in [1.82, 2.24) is 0 Å². The Labute approximate surface area is 167 Å². The van der Waals surface area contributed by atoms with Crippen molar-refractivity contribution < 1.29 is 4.39 Å². The molecule has 0 fully saturated rings. The normalized spacial score (nSPS) is 11.5. The fourth-order valence-corrected chi connectivity index (χ4v) is 3.93. The molecule has 0 amide bonds. The molecule has 0 unspecified atom stereocenters. The van der Waals surface area contributed by atoms with Gasteiger partial charge in [0.2, 0.25) is 0 Å². The SMILES string of the molecule is CCCCCCc1ccc2c(c1)Cc1cc(C#Cc3ccc(F)cc3)ccc1-2. The third-order valence-corrected chi connectivity index (χ3v) is 5.46. The van der Waals surface area contributed by atoms with E-state index in [4.69, 9.17) is 0 Å². The van der Waals surface area contributed by atoms with Crippen LogP contribution in [0, 0.1) is 17.7 Å². The molecule has 1 heteroatoms. The second-order valence-corrected chi connectivity index (χ2v) is 7.61. The van der Waals surface area contributed by atoms with E-state index in [0.29, 0.717) is 0 Å². The quantitative estimate of drug-likeness (QED) is 0.265. The van der Waals surface area contributed by atoms with Crippen molar-refractivity contribution in [2.75, 3.05) is 0 Å². The summed E-state index contributed by atoms with van der Waals surface area (Å²) in [5.74, 6) is 6.11. The van der Waals surface area contributed by atoms with Crippen molar-refractivity contribution in [3.63, 3.8) is 0 Å². The third-order valence-electron chi connectivity index (χ3n) is 5.46. The van der Waals surface area contributed by atoms with E-state index in [9.17, 15) is 4.39 Å². The summed E-state index contributed by atoms with van der Waals surface area (Å²) in [6.45, 7) is 2.25. The lowest BCUT2D eigenvalue weighted by Crippen LogP contribution is -1.89. The lowest BCUT2D eigenvalue weighted by atomic mass is 10.00. The standard InChI is InChI=1S/C27H25F/c1-2-3-4-5-6-21-11-15-26-23(17-21)19-24-18-22(12-16-27(24)26)8-7-20-9-13-25(28)14-10-20/h9-18H,2-6,19H2,1H3. The summed E-state index contributed by atoms with van der Waals surface area (Å²) in [6, 6.07) is 19.8. The van der Waals surface area contributed by atoms with Gasteiger partial charge in [0.05, 0.1) is 0 Å². The monoisotopic (exact) mass is 368 g/mol. The molecule has 0 spiro atoms. The molecule has 0 N–H and O–H groups in total. The van der Waals surface area contributed by atoms with Crippen LogP contribution in [0.15, 0.2) is 60.7 Å². The number of aryl methyl sites for hydroxylation is 1. The van der Waals surface area contributed by atoms with Gasteiger partial charge in [0.1, 0.15) is 5.82 Å². The van der Waals surface area contributed by atoms with Gasteiger partial charge in [0.15, 0.2) is 0 Å². The van der Waals surface area contributed by atoms with Crippen molar-refractivity contribution in [1.29, 1.82) is 0 Å². The van der Waals surface area contributed by atoms with E-state index >= 15 is 0 Å². The van der Waals surface area contributed by atoms with E-state index in [1.165, 1.54) is 72.1 Å². The van der Waals surface area contributed by atoms with Gasteiger partial charge in [0.25, 0.3) is 0 Å². The number of hydrogen-bond donors (Lipinski definition) is 0. The lowest BCUT2D eigenvalue weighted by Gasteiger charge is -2.05. The zero-order chi connectivity index (χ0) is 19.3. The highest BCUT2D eigenvalue weighted by Gasteiger charge is 2.18. The smallest absolute Gasteiger partial charge is 0.123 e. The summed E-state index contributed by atoms with van der Waals surface area (Å²) in [7, 11) is 0. The highest BCUT2D eigenvalue weighted by molar-refractivity contribution is 5.77. The van der Waals surface area contributed by atoms with Gasteiger partial charge in [-0.25, -0.2) is 4.39 Å². The topological polar surface area (TPSA) is 0 Å². The molecule has 0 aliphatic heterocycles. The summed E-state index contributed by atoms with van der Waals surface area (Å²) in [5, 5.41) is 0. The van der Waals surface area contributed by atoms with Crippen molar-refractivity contribution in [2.24, 2.45) is 0 Å². The minimum atomic E-state index is -0.231. The number of fused-ring (bicyclic) bond motifs is 3. The van der Waals surface area contributed by atoms with Gasteiger partial charge in [0, 0.05) is 11.1 Å². The molecule has 0 bridgehead atoms. The largest absolute Gasteiger partial charge is 0.207 e.